The monoisotopic (exact) mass is 450 g/mol. The van der Waals surface area contributed by atoms with Crippen molar-refractivity contribution in [3.8, 4) is 0 Å². The number of halogens is 3. The van der Waals surface area contributed by atoms with Crippen LogP contribution in [0.5, 0.6) is 0 Å². The number of ether oxygens (including phenoxy) is 2. The van der Waals surface area contributed by atoms with Crippen molar-refractivity contribution in [2.24, 2.45) is 5.92 Å². The molecule has 1 unspecified atom stereocenters. The number of hydrogen-bond acceptors (Lipinski definition) is 5. The van der Waals surface area contributed by atoms with Crippen LogP contribution in [-0.2, 0) is 31.7 Å². The van der Waals surface area contributed by atoms with E-state index in [9.17, 15) is 22.8 Å². The maximum absolute atomic E-state index is 13.7. The van der Waals surface area contributed by atoms with Gasteiger partial charge in [0.25, 0.3) is 0 Å². The lowest BCUT2D eigenvalue weighted by Crippen LogP contribution is -2.13. The lowest BCUT2D eigenvalue weighted by molar-refractivity contribution is -0.145. The Balaban J connectivity index is 1.80. The van der Waals surface area contributed by atoms with Crippen LogP contribution in [0.2, 0.25) is 0 Å². The molecule has 0 aromatic carbocycles. The van der Waals surface area contributed by atoms with Crippen LogP contribution in [-0.4, -0.2) is 34.9 Å². The highest BCUT2D eigenvalue weighted by Crippen LogP contribution is 2.35. The van der Waals surface area contributed by atoms with Crippen molar-refractivity contribution in [1.29, 1.82) is 0 Å². The fourth-order valence-electron chi connectivity index (χ4n) is 3.57. The smallest absolute Gasteiger partial charge is 0.420 e. The van der Waals surface area contributed by atoms with Crippen LogP contribution in [0.25, 0.3) is 11.2 Å². The summed E-state index contributed by atoms with van der Waals surface area (Å²) in [5.74, 6) is -0.794. The number of alkyl halides is 3. The molecular formula is C23H25F3N2O4. The topological polar surface area (TPSA) is 69.9 Å². The molecule has 9 heteroatoms. The molecule has 172 valence electrons. The number of aromatic nitrogens is 2. The second-order valence-corrected chi connectivity index (χ2v) is 7.76. The van der Waals surface area contributed by atoms with Gasteiger partial charge >= 0.3 is 12.1 Å². The van der Waals surface area contributed by atoms with Crippen molar-refractivity contribution in [1.82, 2.24) is 9.38 Å². The van der Waals surface area contributed by atoms with Crippen LogP contribution in [0.1, 0.15) is 49.4 Å². The summed E-state index contributed by atoms with van der Waals surface area (Å²) in [4.78, 5) is 27.8. The highest BCUT2D eigenvalue weighted by Gasteiger charge is 2.35. The highest BCUT2D eigenvalue weighted by molar-refractivity contribution is 5.81. The van der Waals surface area contributed by atoms with E-state index in [-0.39, 0.29) is 41.9 Å². The van der Waals surface area contributed by atoms with Gasteiger partial charge in [-0.2, -0.15) is 13.2 Å². The lowest BCUT2D eigenvalue weighted by atomic mass is 10.0. The zero-order valence-electron chi connectivity index (χ0n) is 17.9. The third-order valence-electron chi connectivity index (χ3n) is 5.26. The van der Waals surface area contributed by atoms with Gasteiger partial charge in [-0.25, -0.2) is 4.98 Å². The molecule has 0 aliphatic carbocycles. The fraction of sp³-hybridized carbons (Fsp3) is 0.435. The van der Waals surface area contributed by atoms with E-state index in [1.54, 1.807) is 19.2 Å². The van der Waals surface area contributed by atoms with Crippen LogP contribution in [0.4, 0.5) is 13.2 Å². The molecule has 0 amide bonds. The molecule has 2 aromatic rings. The van der Waals surface area contributed by atoms with E-state index in [0.29, 0.717) is 37.0 Å². The number of rotatable bonds is 8. The van der Waals surface area contributed by atoms with E-state index in [1.807, 2.05) is 6.08 Å². The second-order valence-electron chi connectivity index (χ2n) is 7.76. The van der Waals surface area contributed by atoms with Crippen LogP contribution < -0.4 is 0 Å². The maximum atomic E-state index is 13.7. The average Bonchev–Trinajstić information content (AvgIpc) is 2.94. The Bertz CT molecular complexity index is 1050. The number of pyridine rings is 1. The molecule has 0 saturated heterocycles. The molecule has 0 bridgehead atoms. The first-order valence-corrected chi connectivity index (χ1v) is 10.4. The largest absolute Gasteiger partial charge is 0.501 e. The summed E-state index contributed by atoms with van der Waals surface area (Å²) in [7, 11) is 1.31. The summed E-state index contributed by atoms with van der Waals surface area (Å²) in [6.07, 6.45) is 5.06. The first kappa shape index (κ1) is 23.6. The Morgan fingerprint density at radius 2 is 2.09 bits per heavy atom. The summed E-state index contributed by atoms with van der Waals surface area (Å²) in [5.41, 5.74) is 0.185. The highest BCUT2D eigenvalue weighted by atomic mass is 19.4. The summed E-state index contributed by atoms with van der Waals surface area (Å²) < 4.78 is 52.4. The molecular weight excluding hydrogens is 425 g/mol. The van der Waals surface area contributed by atoms with Crippen molar-refractivity contribution in [3.63, 3.8) is 0 Å². The Morgan fingerprint density at radius 1 is 1.31 bits per heavy atom. The number of nitrogens with zero attached hydrogens (tertiary/aromatic N) is 2. The molecule has 32 heavy (non-hydrogen) atoms. The predicted molar refractivity (Wildman–Crippen MR) is 112 cm³/mol. The number of allylic oxidation sites excluding steroid dienone is 2. The third kappa shape index (κ3) is 5.77. The minimum atomic E-state index is -4.60. The van der Waals surface area contributed by atoms with E-state index in [4.69, 9.17) is 4.74 Å². The van der Waals surface area contributed by atoms with Crippen molar-refractivity contribution in [3.05, 3.63) is 53.7 Å². The van der Waals surface area contributed by atoms with Crippen molar-refractivity contribution in [2.75, 3.05) is 13.7 Å². The minimum absolute atomic E-state index is 0.0721. The van der Waals surface area contributed by atoms with E-state index >= 15 is 0 Å². The van der Waals surface area contributed by atoms with E-state index < -0.39 is 11.7 Å². The van der Waals surface area contributed by atoms with Crippen LogP contribution in [0.3, 0.4) is 0 Å². The van der Waals surface area contributed by atoms with Gasteiger partial charge in [0.15, 0.2) is 0 Å². The van der Waals surface area contributed by atoms with Gasteiger partial charge in [0, 0.05) is 25.2 Å². The number of esters is 1. The Kier molecular flexibility index (Phi) is 7.37. The number of ketones is 1. The molecule has 0 N–H and O–H groups in total. The molecule has 3 rings (SSSR count). The molecule has 0 saturated carbocycles. The molecule has 1 aliphatic rings. The molecule has 0 radical (unpaired) electrons. The second kappa shape index (κ2) is 10.0. The summed E-state index contributed by atoms with van der Waals surface area (Å²) in [5, 5.41) is 0. The predicted octanol–water partition coefficient (Wildman–Crippen LogP) is 4.76. The number of hydrogen-bond donors (Lipinski definition) is 0. The Morgan fingerprint density at radius 3 is 2.81 bits per heavy atom. The number of imidazole rings is 1. The first-order chi connectivity index (χ1) is 15.2. The van der Waals surface area contributed by atoms with Crippen molar-refractivity contribution in [2.45, 2.75) is 45.2 Å². The van der Waals surface area contributed by atoms with Crippen molar-refractivity contribution < 1.29 is 32.2 Å². The van der Waals surface area contributed by atoms with Gasteiger partial charge in [-0.05, 0) is 36.1 Å². The maximum Gasteiger partial charge on any atom is 0.420 e. The molecule has 0 fully saturated rings. The van der Waals surface area contributed by atoms with E-state index in [0.717, 1.165) is 6.07 Å². The molecule has 3 heterocycles. The van der Waals surface area contributed by atoms with Gasteiger partial charge in [0.2, 0.25) is 0 Å². The number of carbonyl (C=O) groups excluding carboxylic acids is 2. The molecule has 2 aromatic heterocycles. The minimum Gasteiger partial charge on any atom is -0.501 e. The fourth-order valence-corrected chi connectivity index (χ4v) is 3.57. The zero-order chi connectivity index (χ0) is 23.3. The molecule has 0 spiro atoms. The van der Waals surface area contributed by atoms with E-state index in [2.05, 4.69) is 9.72 Å². The molecule has 1 atom stereocenters. The zero-order valence-corrected chi connectivity index (χ0v) is 17.9. The van der Waals surface area contributed by atoms with Crippen LogP contribution >= 0.6 is 0 Å². The molecule has 1 aliphatic heterocycles. The normalized spacial score (nSPS) is 15.1. The van der Waals surface area contributed by atoms with Crippen LogP contribution in [0, 0.1) is 5.92 Å². The summed E-state index contributed by atoms with van der Waals surface area (Å²) in [6.45, 7) is 2.18. The van der Waals surface area contributed by atoms with Gasteiger partial charge in [-0.3, -0.25) is 9.59 Å². The number of Topliss-reactive ketones (excluding diaryl/α,β-unsaturated/α-hetero) is 1. The van der Waals surface area contributed by atoms with Crippen molar-refractivity contribution >= 4 is 23.0 Å². The average molecular weight is 450 g/mol. The lowest BCUT2D eigenvalue weighted by Gasteiger charge is -2.11. The first-order valence-electron chi connectivity index (χ1n) is 10.4. The Hall–Kier alpha value is -3.10. The molecule has 6 nitrogen and oxygen atoms in total. The van der Waals surface area contributed by atoms with Crippen LogP contribution in [0.15, 0.2) is 36.9 Å². The quantitative estimate of drug-likeness (QED) is 0.543. The number of methoxy groups -OCH3 is 1. The van der Waals surface area contributed by atoms with E-state index in [1.165, 1.54) is 24.0 Å². The Labute approximate surface area is 183 Å². The van der Waals surface area contributed by atoms with Gasteiger partial charge < -0.3 is 13.9 Å². The van der Waals surface area contributed by atoms with Gasteiger partial charge in [-0.1, -0.05) is 13.0 Å². The third-order valence-corrected chi connectivity index (χ3v) is 5.26. The van der Waals surface area contributed by atoms with Gasteiger partial charge in [0.1, 0.15) is 11.4 Å². The number of carbonyl (C=O) groups is 2. The number of fused-ring (bicyclic) bond motifs is 1. The standard InChI is InChI=1S/C23H25F3N2O4/c1-15(22(30)31-2)5-3-7-19(29)12-18-14-28-13-17(16-6-4-9-32-10-8-16)11-20(21(28)27-18)23(24,25)26/h6,8,10-11,13-15H,3-5,7,9,12H2,1-2H3. The summed E-state index contributed by atoms with van der Waals surface area (Å²) in [6, 6.07) is 1.07. The SMILES string of the molecule is COC(=O)C(C)CCCC(=O)Cc1cn2cc(C3=CCCOC=C3)cc(C(F)(F)F)c2n1. The summed E-state index contributed by atoms with van der Waals surface area (Å²) >= 11 is 0. The van der Waals surface area contributed by atoms with Gasteiger partial charge in [-0.15, -0.1) is 0 Å². The van der Waals surface area contributed by atoms with Gasteiger partial charge in [0.05, 0.1) is 43.6 Å².